The quantitative estimate of drug-likeness (QED) is 0.571. The number of nitrogens with one attached hydrogen (secondary N) is 2. The van der Waals surface area contributed by atoms with Gasteiger partial charge in [-0.15, -0.1) is 0 Å². The molecule has 126 valence electrons. The van der Waals surface area contributed by atoms with Crippen molar-refractivity contribution in [2.24, 2.45) is 0 Å². The van der Waals surface area contributed by atoms with Crippen LogP contribution in [0.2, 0.25) is 0 Å². The highest BCUT2D eigenvalue weighted by Crippen LogP contribution is 2.25. The van der Waals surface area contributed by atoms with Crippen molar-refractivity contribution in [2.75, 3.05) is 17.9 Å². The van der Waals surface area contributed by atoms with Crippen LogP contribution in [0.1, 0.15) is 5.56 Å². The molecule has 0 fully saturated rings. The van der Waals surface area contributed by atoms with E-state index in [9.17, 15) is 8.42 Å². The Morgan fingerprint density at radius 1 is 1.04 bits per heavy atom. The van der Waals surface area contributed by atoms with E-state index in [1.165, 1.54) is 6.07 Å². The van der Waals surface area contributed by atoms with Gasteiger partial charge in [0.15, 0.2) is 0 Å². The zero-order valence-corrected chi connectivity index (χ0v) is 13.7. The van der Waals surface area contributed by atoms with E-state index in [0.29, 0.717) is 29.7 Å². The van der Waals surface area contributed by atoms with Gasteiger partial charge in [-0.1, -0.05) is 30.3 Å². The molecule has 0 saturated carbocycles. The second-order valence-corrected chi connectivity index (χ2v) is 6.92. The molecule has 3 rings (SSSR count). The molecular weight excluding hydrogens is 328 g/mol. The molecule has 2 aromatic carbocycles. The van der Waals surface area contributed by atoms with Crippen LogP contribution in [0.3, 0.4) is 0 Å². The van der Waals surface area contributed by atoms with Crippen LogP contribution in [-0.4, -0.2) is 26.7 Å². The summed E-state index contributed by atoms with van der Waals surface area (Å²) in [6, 6.07) is 15.7. The highest BCUT2D eigenvalue weighted by molar-refractivity contribution is 7.92. The van der Waals surface area contributed by atoms with E-state index >= 15 is 0 Å². The van der Waals surface area contributed by atoms with Crippen molar-refractivity contribution < 1.29 is 17.9 Å². The summed E-state index contributed by atoms with van der Waals surface area (Å²) in [5.74, 6) is 0. The topological polar surface area (TPSA) is 91.6 Å². The molecule has 3 aromatic rings. The Balaban J connectivity index is 1.84. The maximum Gasteiger partial charge on any atom is 0.295 e. The molecule has 7 heteroatoms. The van der Waals surface area contributed by atoms with Crippen molar-refractivity contribution in [2.45, 2.75) is 11.6 Å². The third-order valence-corrected chi connectivity index (χ3v) is 4.71. The number of fused-ring (bicyclic) bond motifs is 1. The zero-order chi connectivity index (χ0) is 17.0. The van der Waals surface area contributed by atoms with Crippen LogP contribution in [-0.2, 0) is 16.6 Å². The Kier molecular flexibility index (Phi) is 4.84. The number of hydrogen-bond donors (Lipinski definition) is 3. The average molecular weight is 346 g/mol. The van der Waals surface area contributed by atoms with Crippen LogP contribution in [0.5, 0.6) is 0 Å². The Labute approximate surface area is 140 Å². The molecule has 1 aromatic heterocycles. The van der Waals surface area contributed by atoms with E-state index in [0.717, 1.165) is 5.56 Å². The molecule has 0 aliphatic carbocycles. The zero-order valence-electron chi connectivity index (χ0n) is 12.9. The van der Waals surface area contributed by atoms with Gasteiger partial charge in [0, 0.05) is 30.2 Å². The second kappa shape index (κ2) is 7.04. The number of aliphatic hydroxyl groups excluding tert-OH is 1. The summed E-state index contributed by atoms with van der Waals surface area (Å²) in [4.78, 5) is 0. The lowest BCUT2D eigenvalue weighted by Gasteiger charge is -2.04. The van der Waals surface area contributed by atoms with Gasteiger partial charge < -0.3 is 14.8 Å². The predicted octanol–water partition coefficient (Wildman–Crippen LogP) is 2.32. The number of aliphatic hydroxyl groups is 1. The first-order valence-corrected chi connectivity index (χ1v) is 8.99. The summed E-state index contributed by atoms with van der Waals surface area (Å²) >= 11 is 0. The lowest BCUT2D eigenvalue weighted by atomic mass is 10.2. The fourth-order valence-electron chi connectivity index (χ4n) is 2.32. The van der Waals surface area contributed by atoms with Crippen LogP contribution in [0.15, 0.2) is 64.1 Å². The number of rotatable bonds is 7. The summed E-state index contributed by atoms with van der Waals surface area (Å²) < 4.78 is 32.9. The summed E-state index contributed by atoms with van der Waals surface area (Å²) in [6.45, 7) is 1.13. The van der Waals surface area contributed by atoms with Gasteiger partial charge in [-0.25, -0.2) is 0 Å². The number of benzene rings is 2. The van der Waals surface area contributed by atoms with Crippen LogP contribution < -0.4 is 10.0 Å². The van der Waals surface area contributed by atoms with Gasteiger partial charge in [0.05, 0.1) is 6.61 Å². The normalized spacial score (nSPS) is 11.7. The Morgan fingerprint density at radius 3 is 2.58 bits per heavy atom. The standard InChI is InChI=1S/C17H18N2O4S/c20-9-8-18-12-13-6-7-14-11-17(23-16(14)10-13)24(21,22)19-15-4-2-1-3-5-15/h1-7,10-11,18-20H,8-9,12H2. The highest BCUT2D eigenvalue weighted by atomic mass is 32.2. The number of hydrogen-bond acceptors (Lipinski definition) is 5. The summed E-state index contributed by atoms with van der Waals surface area (Å²) in [6.07, 6.45) is 0. The van der Waals surface area contributed by atoms with Gasteiger partial charge in [0.2, 0.25) is 5.09 Å². The molecule has 0 unspecified atom stereocenters. The van der Waals surface area contributed by atoms with Crippen molar-refractivity contribution in [3.63, 3.8) is 0 Å². The monoisotopic (exact) mass is 346 g/mol. The molecule has 6 nitrogen and oxygen atoms in total. The smallest absolute Gasteiger partial charge is 0.295 e. The first-order valence-electron chi connectivity index (χ1n) is 7.50. The second-order valence-electron chi connectivity index (χ2n) is 5.31. The maximum absolute atomic E-state index is 12.4. The van der Waals surface area contributed by atoms with Gasteiger partial charge in [0.1, 0.15) is 5.58 Å². The van der Waals surface area contributed by atoms with E-state index in [1.807, 2.05) is 18.2 Å². The Hall–Kier alpha value is -2.35. The van der Waals surface area contributed by atoms with Crippen molar-refractivity contribution in [1.29, 1.82) is 0 Å². The summed E-state index contributed by atoms with van der Waals surface area (Å²) in [7, 11) is -3.77. The fourth-order valence-corrected chi connectivity index (χ4v) is 3.35. The Morgan fingerprint density at radius 2 is 1.83 bits per heavy atom. The number of para-hydroxylation sites is 1. The largest absolute Gasteiger partial charge is 0.443 e. The van der Waals surface area contributed by atoms with Crippen molar-refractivity contribution in [3.05, 3.63) is 60.2 Å². The van der Waals surface area contributed by atoms with Crippen LogP contribution in [0.4, 0.5) is 5.69 Å². The molecule has 0 spiro atoms. The molecule has 0 aliphatic heterocycles. The molecule has 24 heavy (non-hydrogen) atoms. The molecule has 0 bridgehead atoms. The fraction of sp³-hybridized carbons (Fsp3) is 0.176. The SMILES string of the molecule is O=S(=O)(Nc1ccccc1)c1cc2ccc(CNCCO)cc2o1. The molecule has 3 N–H and O–H groups in total. The molecule has 0 amide bonds. The summed E-state index contributed by atoms with van der Waals surface area (Å²) in [5.41, 5.74) is 1.93. The van der Waals surface area contributed by atoms with Crippen molar-refractivity contribution in [3.8, 4) is 0 Å². The lowest BCUT2D eigenvalue weighted by Crippen LogP contribution is -2.17. The van der Waals surface area contributed by atoms with Crippen molar-refractivity contribution >= 4 is 26.7 Å². The van der Waals surface area contributed by atoms with Crippen LogP contribution >= 0.6 is 0 Å². The first kappa shape index (κ1) is 16.5. The number of sulfonamides is 1. The summed E-state index contributed by atoms with van der Waals surface area (Å²) in [5, 5.41) is 12.4. The van der Waals surface area contributed by atoms with Gasteiger partial charge >= 0.3 is 0 Å². The van der Waals surface area contributed by atoms with E-state index in [1.54, 1.807) is 30.3 Å². The van der Waals surface area contributed by atoms with E-state index in [4.69, 9.17) is 9.52 Å². The van der Waals surface area contributed by atoms with E-state index in [2.05, 4.69) is 10.0 Å². The van der Waals surface area contributed by atoms with E-state index < -0.39 is 10.0 Å². The number of anilines is 1. The number of furan rings is 1. The minimum atomic E-state index is -3.77. The minimum Gasteiger partial charge on any atom is -0.443 e. The lowest BCUT2D eigenvalue weighted by molar-refractivity contribution is 0.292. The third kappa shape index (κ3) is 3.76. The molecule has 0 atom stereocenters. The van der Waals surface area contributed by atoms with Gasteiger partial charge in [-0.05, 0) is 23.8 Å². The Bertz CT molecular complexity index is 920. The maximum atomic E-state index is 12.4. The molecule has 0 radical (unpaired) electrons. The minimum absolute atomic E-state index is 0.0660. The predicted molar refractivity (Wildman–Crippen MR) is 92.3 cm³/mol. The van der Waals surface area contributed by atoms with Gasteiger partial charge in [0.25, 0.3) is 10.0 Å². The molecule has 1 heterocycles. The molecule has 0 saturated heterocycles. The van der Waals surface area contributed by atoms with Crippen LogP contribution in [0.25, 0.3) is 11.0 Å². The molecular formula is C17H18N2O4S. The van der Waals surface area contributed by atoms with Crippen LogP contribution in [0, 0.1) is 0 Å². The average Bonchev–Trinajstić information content (AvgIpc) is 3.00. The first-order chi connectivity index (χ1) is 11.6. The van der Waals surface area contributed by atoms with Gasteiger partial charge in [-0.2, -0.15) is 8.42 Å². The van der Waals surface area contributed by atoms with E-state index in [-0.39, 0.29) is 11.7 Å². The highest BCUT2D eigenvalue weighted by Gasteiger charge is 2.19. The van der Waals surface area contributed by atoms with Gasteiger partial charge in [-0.3, -0.25) is 4.72 Å². The molecule has 0 aliphatic rings. The third-order valence-electron chi connectivity index (χ3n) is 3.47. The van der Waals surface area contributed by atoms with Crippen molar-refractivity contribution in [1.82, 2.24) is 5.32 Å².